The Bertz CT molecular complexity index is 674. The molecule has 4 nitrogen and oxygen atoms in total. The van der Waals surface area contributed by atoms with E-state index in [2.05, 4.69) is 4.98 Å². The van der Waals surface area contributed by atoms with E-state index < -0.39 is 11.5 Å². The minimum atomic E-state index is -1.77. The molecular weight excluding hydrogens is 264 g/mol. The number of anilines is 1. The summed E-state index contributed by atoms with van der Waals surface area (Å²) in [5.41, 5.74) is -0.398. The topological polar surface area (TPSA) is 53.4 Å². The lowest BCUT2D eigenvalue weighted by molar-refractivity contribution is -0.132. The van der Waals surface area contributed by atoms with E-state index in [1.165, 1.54) is 4.90 Å². The molecule has 0 radical (unpaired) electrons. The second kappa shape index (κ2) is 4.05. The van der Waals surface area contributed by atoms with Crippen LogP contribution in [0, 0.1) is 0 Å². The highest BCUT2D eigenvalue weighted by molar-refractivity contribution is 6.30. The Morgan fingerprint density at radius 2 is 2.11 bits per heavy atom. The number of rotatable bonds is 1. The molecule has 0 aliphatic carbocycles. The van der Waals surface area contributed by atoms with Crippen molar-refractivity contribution in [1.29, 1.82) is 0 Å². The van der Waals surface area contributed by atoms with Crippen molar-refractivity contribution in [3.8, 4) is 0 Å². The lowest BCUT2D eigenvalue weighted by atomic mass is 9.91. The fourth-order valence-corrected chi connectivity index (χ4v) is 2.56. The van der Waals surface area contributed by atoms with Crippen LogP contribution in [0.2, 0.25) is 5.02 Å². The fraction of sp³-hybridized carbons (Fsp3) is 0.143. The molecule has 1 atom stereocenters. The van der Waals surface area contributed by atoms with E-state index in [1.54, 1.807) is 49.6 Å². The van der Waals surface area contributed by atoms with Gasteiger partial charge in [0.05, 0.1) is 5.69 Å². The number of pyridine rings is 1. The second-order valence-electron chi connectivity index (χ2n) is 4.46. The average Bonchev–Trinajstić information content (AvgIpc) is 2.63. The summed E-state index contributed by atoms with van der Waals surface area (Å²) in [5.74, 6) is -0.427. The predicted octanol–water partition coefficient (Wildman–Crippen LogP) is 1.95. The van der Waals surface area contributed by atoms with Crippen LogP contribution >= 0.6 is 11.6 Å². The number of halogens is 1. The summed E-state index contributed by atoms with van der Waals surface area (Å²) in [4.78, 5) is 18.0. The van der Waals surface area contributed by atoms with Gasteiger partial charge in [0.2, 0.25) is 5.60 Å². The number of hydrogen-bond acceptors (Lipinski definition) is 3. The molecule has 1 amide bonds. The summed E-state index contributed by atoms with van der Waals surface area (Å²) in [6.45, 7) is 0. The maximum absolute atomic E-state index is 12.4. The molecule has 0 saturated heterocycles. The molecule has 0 bridgehead atoms. The lowest BCUT2D eigenvalue weighted by Gasteiger charge is -2.21. The normalized spacial score (nSPS) is 21.6. The summed E-state index contributed by atoms with van der Waals surface area (Å²) in [6, 6.07) is 10.1. The molecule has 1 aliphatic heterocycles. The van der Waals surface area contributed by atoms with E-state index in [0.717, 1.165) is 0 Å². The zero-order chi connectivity index (χ0) is 13.6. The molecule has 1 unspecified atom stereocenters. The molecule has 5 heteroatoms. The van der Waals surface area contributed by atoms with Crippen molar-refractivity contribution in [3.63, 3.8) is 0 Å². The van der Waals surface area contributed by atoms with Gasteiger partial charge in [-0.05, 0) is 24.3 Å². The van der Waals surface area contributed by atoms with E-state index in [0.29, 0.717) is 22.0 Å². The smallest absolute Gasteiger partial charge is 0.269 e. The maximum atomic E-state index is 12.4. The fourth-order valence-electron chi connectivity index (χ4n) is 2.37. The van der Waals surface area contributed by atoms with Gasteiger partial charge in [0.15, 0.2) is 0 Å². The number of benzene rings is 1. The van der Waals surface area contributed by atoms with Crippen LogP contribution in [-0.2, 0) is 10.4 Å². The largest absolute Gasteiger partial charge is 0.370 e. The van der Waals surface area contributed by atoms with E-state index in [9.17, 15) is 9.90 Å². The maximum Gasteiger partial charge on any atom is 0.269 e. The number of carbonyl (C=O) groups is 1. The van der Waals surface area contributed by atoms with Gasteiger partial charge >= 0.3 is 0 Å². The van der Waals surface area contributed by atoms with Crippen LogP contribution in [0.25, 0.3) is 0 Å². The van der Waals surface area contributed by atoms with Crippen LogP contribution in [0.1, 0.15) is 11.3 Å². The van der Waals surface area contributed by atoms with Gasteiger partial charge in [0, 0.05) is 23.8 Å². The number of carbonyl (C=O) groups excluding carboxylic acids is 1. The van der Waals surface area contributed by atoms with Crippen LogP contribution in [0.4, 0.5) is 5.69 Å². The van der Waals surface area contributed by atoms with Gasteiger partial charge in [-0.25, -0.2) is 0 Å². The van der Waals surface area contributed by atoms with Crippen molar-refractivity contribution in [2.45, 2.75) is 5.60 Å². The van der Waals surface area contributed by atoms with Gasteiger partial charge in [-0.2, -0.15) is 0 Å². The van der Waals surface area contributed by atoms with Crippen LogP contribution in [0.15, 0.2) is 42.6 Å². The molecular formula is C14H11ClN2O2. The Balaban J connectivity index is 2.27. The van der Waals surface area contributed by atoms with E-state index in [4.69, 9.17) is 11.6 Å². The first-order valence-electron chi connectivity index (χ1n) is 5.77. The standard InChI is InChI=1S/C14H11ClN2O2/c1-17-11-6-3-7-16-12(11)14(19,13(17)18)9-4-2-5-10(15)8-9/h2-8,19H,1H3. The Labute approximate surface area is 115 Å². The summed E-state index contributed by atoms with van der Waals surface area (Å²) in [6.07, 6.45) is 1.56. The van der Waals surface area contributed by atoms with Gasteiger partial charge in [-0.3, -0.25) is 9.78 Å². The summed E-state index contributed by atoms with van der Waals surface area (Å²) >= 11 is 5.94. The SMILES string of the molecule is CN1C(=O)C(O)(c2cccc(Cl)c2)c2ncccc21. The number of hydrogen-bond donors (Lipinski definition) is 1. The highest BCUT2D eigenvalue weighted by Gasteiger charge is 2.51. The highest BCUT2D eigenvalue weighted by atomic mass is 35.5. The van der Waals surface area contributed by atoms with Crippen LogP contribution in [0.3, 0.4) is 0 Å². The molecule has 1 aliphatic rings. The van der Waals surface area contributed by atoms with Crippen molar-refractivity contribution >= 4 is 23.2 Å². The first kappa shape index (κ1) is 12.1. The zero-order valence-electron chi connectivity index (χ0n) is 10.2. The predicted molar refractivity (Wildman–Crippen MR) is 72.1 cm³/mol. The molecule has 1 N–H and O–H groups in total. The Kier molecular flexibility index (Phi) is 2.59. The Morgan fingerprint density at radius 1 is 1.32 bits per heavy atom. The molecule has 96 valence electrons. The van der Waals surface area contributed by atoms with Gasteiger partial charge in [0.1, 0.15) is 5.69 Å². The summed E-state index contributed by atoms with van der Waals surface area (Å²) in [5, 5.41) is 11.3. The number of nitrogens with zero attached hydrogens (tertiary/aromatic N) is 2. The van der Waals surface area contributed by atoms with E-state index >= 15 is 0 Å². The number of amides is 1. The van der Waals surface area contributed by atoms with Gasteiger partial charge in [-0.15, -0.1) is 0 Å². The third-order valence-electron chi connectivity index (χ3n) is 3.35. The lowest BCUT2D eigenvalue weighted by Crippen LogP contribution is -2.39. The zero-order valence-corrected chi connectivity index (χ0v) is 10.9. The molecule has 0 saturated carbocycles. The average molecular weight is 275 g/mol. The first-order chi connectivity index (χ1) is 9.05. The summed E-state index contributed by atoms with van der Waals surface area (Å²) < 4.78 is 0. The molecule has 2 heterocycles. The van der Waals surface area contributed by atoms with Gasteiger partial charge < -0.3 is 10.0 Å². The molecule has 1 aromatic heterocycles. The molecule has 1 aromatic carbocycles. The van der Waals surface area contributed by atoms with Gasteiger partial charge in [-0.1, -0.05) is 23.7 Å². The Hall–Kier alpha value is -1.91. The molecule has 0 spiro atoms. The van der Waals surface area contributed by atoms with Crippen molar-refractivity contribution < 1.29 is 9.90 Å². The minimum Gasteiger partial charge on any atom is -0.370 e. The number of likely N-dealkylation sites (N-methyl/N-ethyl adjacent to an activating group) is 1. The third kappa shape index (κ3) is 1.57. The number of aliphatic hydroxyl groups is 1. The van der Waals surface area contributed by atoms with Gasteiger partial charge in [0.25, 0.3) is 5.91 Å². The quantitative estimate of drug-likeness (QED) is 0.865. The molecule has 0 fully saturated rings. The number of aromatic nitrogens is 1. The third-order valence-corrected chi connectivity index (χ3v) is 3.58. The first-order valence-corrected chi connectivity index (χ1v) is 6.15. The van der Waals surface area contributed by atoms with E-state index in [-0.39, 0.29) is 0 Å². The minimum absolute atomic E-state index is 0.338. The van der Waals surface area contributed by atoms with Crippen molar-refractivity contribution in [1.82, 2.24) is 4.98 Å². The van der Waals surface area contributed by atoms with Crippen molar-refractivity contribution in [3.05, 3.63) is 58.9 Å². The molecule has 19 heavy (non-hydrogen) atoms. The molecule has 2 aromatic rings. The van der Waals surface area contributed by atoms with Crippen LogP contribution in [-0.4, -0.2) is 23.0 Å². The Morgan fingerprint density at radius 3 is 2.84 bits per heavy atom. The van der Waals surface area contributed by atoms with Crippen molar-refractivity contribution in [2.24, 2.45) is 0 Å². The van der Waals surface area contributed by atoms with Crippen molar-refractivity contribution in [2.75, 3.05) is 11.9 Å². The van der Waals surface area contributed by atoms with Crippen LogP contribution < -0.4 is 4.90 Å². The second-order valence-corrected chi connectivity index (χ2v) is 4.89. The molecule has 3 rings (SSSR count). The highest BCUT2D eigenvalue weighted by Crippen LogP contribution is 2.42. The number of fused-ring (bicyclic) bond motifs is 1. The summed E-state index contributed by atoms with van der Waals surface area (Å²) in [7, 11) is 1.62. The van der Waals surface area contributed by atoms with E-state index in [1.807, 2.05) is 0 Å². The monoisotopic (exact) mass is 274 g/mol. The van der Waals surface area contributed by atoms with Crippen LogP contribution in [0.5, 0.6) is 0 Å².